The third-order valence-corrected chi connectivity index (χ3v) is 5.24. The Bertz CT molecular complexity index is 1310. The Morgan fingerprint density at radius 2 is 1.70 bits per heavy atom. The van der Waals surface area contributed by atoms with E-state index < -0.39 is 18.0 Å². The lowest BCUT2D eigenvalue weighted by Crippen LogP contribution is -2.17. The van der Waals surface area contributed by atoms with Crippen LogP contribution >= 0.6 is 23.2 Å². The maximum absolute atomic E-state index is 12.5. The number of ether oxygens (including phenoxy) is 2. The number of aromatic amines is 1. The number of fused-ring (bicyclic) bond motifs is 1. The third kappa shape index (κ3) is 5.68. The van der Waals surface area contributed by atoms with E-state index in [9.17, 15) is 18.0 Å². The lowest BCUT2D eigenvalue weighted by molar-refractivity contribution is -0.274. The Kier molecular flexibility index (Phi) is 6.35. The number of halogens is 5. The van der Waals surface area contributed by atoms with Gasteiger partial charge in [-0.05, 0) is 60.2 Å². The quantitative estimate of drug-likeness (QED) is 0.316. The topological polar surface area (TPSA) is 76.2 Å². The van der Waals surface area contributed by atoms with Gasteiger partial charge in [-0.15, -0.1) is 13.2 Å². The van der Waals surface area contributed by atoms with Gasteiger partial charge < -0.3 is 14.8 Å². The molecule has 0 fully saturated rings. The van der Waals surface area contributed by atoms with Gasteiger partial charge in [0.1, 0.15) is 18.1 Å². The van der Waals surface area contributed by atoms with Crippen LogP contribution in [0.3, 0.4) is 0 Å². The van der Waals surface area contributed by atoms with E-state index in [4.69, 9.17) is 27.9 Å². The first kappa shape index (κ1) is 22.8. The molecule has 0 spiro atoms. The molecule has 11 heteroatoms. The van der Waals surface area contributed by atoms with Crippen LogP contribution < -0.4 is 14.8 Å². The summed E-state index contributed by atoms with van der Waals surface area (Å²) in [4.78, 5) is 12.5. The molecule has 1 heterocycles. The van der Waals surface area contributed by atoms with Gasteiger partial charge in [-0.25, -0.2) is 0 Å². The predicted molar refractivity (Wildman–Crippen MR) is 118 cm³/mol. The summed E-state index contributed by atoms with van der Waals surface area (Å²) in [6.45, 7) is 0.244. The molecule has 0 saturated heterocycles. The van der Waals surface area contributed by atoms with Crippen LogP contribution in [0.15, 0.2) is 60.7 Å². The molecule has 0 aliphatic rings. The van der Waals surface area contributed by atoms with E-state index >= 15 is 0 Å². The summed E-state index contributed by atoms with van der Waals surface area (Å²) >= 11 is 11.9. The number of anilines is 1. The van der Waals surface area contributed by atoms with Gasteiger partial charge in [0, 0.05) is 10.9 Å². The first-order valence-electron chi connectivity index (χ1n) is 9.40. The Hall–Kier alpha value is -3.43. The number of alkyl halides is 3. The van der Waals surface area contributed by atoms with Crippen LogP contribution in [0, 0.1) is 0 Å². The summed E-state index contributed by atoms with van der Waals surface area (Å²) in [5.74, 6) is -0.207. The van der Waals surface area contributed by atoms with Gasteiger partial charge in [-0.2, -0.15) is 5.10 Å². The van der Waals surface area contributed by atoms with Crippen molar-refractivity contribution in [3.63, 3.8) is 0 Å². The van der Waals surface area contributed by atoms with Crippen LogP contribution in [0.4, 0.5) is 19.0 Å². The van der Waals surface area contributed by atoms with Crippen LogP contribution in [-0.4, -0.2) is 22.5 Å². The normalized spacial score (nSPS) is 11.4. The van der Waals surface area contributed by atoms with E-state index in [1.54, 1.807) is 36.4 Å². The molecule has 6 nitrogen and oxygen atoms in total. The molecular formula is C22H14Cl2F3N3O3. The second-order valence-electron chi connectivity index (χ2n) is 6.84. The number of carbonyl (C=O) groups excluding carboxylic acids is 1. The van der Waals surface area contributed by atoms with Gasteiger partial charge in [0.2, 0.25) is 0 Å². The standard InChI is InChI=1S/C22H14Cl2F3N3O3/c23-17-7-1-12(9-18(17)24)11-32-15-6-8-19-16(10-15)20(30-29-19)28-21(31)13-2-4-14(5-3-13)33-22(25,26)27/h1-10H,11H2,(H2,28,29,30,31). The molecule has 1 aromatic heterocycles. The van der Waals surface area contributed by atoms with Gasteiger partial charge in [-0.1, -0.05) is 29.3 Å². The number of nitrogens with zero attached hydrogens (tertiary/aromatic N) is 1. The van der Waals surface area contributed by atoms with E-state index in [0.717, 1.165) is 17.7 Å². The highest BCUT2D eigenvalue weighted by molar-refractivity contribution is 6.42. The first-order chi connectivity index (χ1) is 15.7. The zero-order chi connectivity index (χ0) is 23.6. The number of benzene rings is 3. The lowest BCUT2D eigenvalue weighted by atomic mass is 10.2. The summed E-state index contributed by atoms with van der Waals surface area (Å²) in [5, 5.41) is 11.0. The molecule has 0 bridgehead atoms. The number of rotatable bonds is 6. The summed E-state index contributed by atoms with van der Waals surface area (Å²) < 4.78 is 46.5. The summed E-state index contributed by atoms with van der Waals surface area (Å²) in [6, 6.07) is 14.9. The van der Waals surface area contributed by atoms with Crippen molar-refractivity contribution in [2.75, 3.05) is 5.32 Å². The molecule has 4 rings (SSSR count). The fraction of sp³-hybridized carbons (Fsp3) is 0.0909. The number of nitrogens with one attached hydrogen (secondary N) is 2. The minimum atomic E-state index is -4.81. The van der Waals surface area contributed by atoms with Gasteiger partial charge in [0.25, 0.3) is 5.91 Å². The number of hydrogen-bond donors (Lipinski definition) is 2. The molecule has 0 aliphatic heterocycles. The van der Waals surface area contributed by atoms with Crippen molar-refractivity contribution in [2.24, 2.45) is 0 Å². The molecule has 2 N–H and O–H groups in total. The molecule has 0 radical (unpaired) electrons. The zero-order valence-corrected chi connectivity index (χ0v) is 18.1. The van der Waals surface area contributed by atoms with Crippen molar-refractivity contribution in [1.29, 1.82) is 0 Å². The van der Waals surface area contributed by atoms with Crippen LogP contribution in [0.1, 0.15) is 15.9 Å². The number of carbonyl (C=O) groups is 1. The largest absolute Gasteiger partial charge is 0.573 e. The monoisotopic (exact) mass is 495 g/mol. The molecule has 0 atom stereocenters. The van der Waals surface area contributed by atoms with Gasteiger partial charge in [-0.3, -0.25) is 9.89 Å². The van der Waals surface area contributed by atoms with E-state index in [-0.39, 0.29) is 18.0 Å². The van der Waals surface area contributed by atoms with Crippen molar-refractivity contribution in [2.45, 2.75) is 13.0 Å². The van der Waals surface area contributed by atoms with Crippen LogP contribution in [-0.2, 0) is 6.61 Å². The van der Waals surface area contributed by atoms with Crippen LogP contribution in [0.5, 0.6) is 11.5 Å². The molecule has 1 amide bonds. The molecule has 33 heavy (non-hydrogen) atoms. The smallest absolute Gasteiger partial charge is 0.489 e. The fourth-order valence-electron chi connectivity index (χ4n) is 2.96. The van der Waals surface area contributed by atoms with Crippen LogP contribution in [0.25, 0.3) is 10.9 Å². The van der Waals surface area contributed by atoms with Crippen LogP contribution in [0.2, 0.25) is 10.0 Å². The number of aromatic nitrogens is 2. The number of amides is 1. The minimum Gasteiger partial charge on any atom is -0.489 e. The summed E-state index contributed by atoms with van der Waals surface area (Å²) in [6.07, 6.45) is -4.81. The van der Waals surface area contributed by atoms with Crippen molar-refractivity contribution >= 4 is 45.8 Å². The highest BCUT2D eigenvalue weighted by atomic mass is 35.5. The second kappa shape index (κ2) is 9.21. The molecule has 0 unspecified atom stereocenters. The van der Waals surface area contributed by atoms with Gasteiger partial charge in [0.15, 0.2) is 5.82 Å². The van der Waals surface area contributed by atoms with E-state index in [1.165, 1.54) is 12.1 Å². The summed E-state index contributed by atoms with van der Waals surface area (Å²) in [5.41, 5.74) is 1.61. The average molecular weight is 496 g/mol. The molecule has 0 aliphatic carbocycles. The molecule has 3 aromatic carbocycles. The fourth-order valence-corrected chi connectivity index (χ4v) is 3.28. The van der Waals surface area contributed by atoms with Crippen molar-refractivity contribution in [1.82, 2.24) is 10.2 Å². The minimum absolute atomic E-state index is 0.132. The van der Waals surface area contributed by atoms with E-state index in [0.29, 0.717) is 26.7 Å². The van der Waals surface area contributed by atoms with E-state index in [1.807, 2.05) is 0 Å². The molecule has 0 saturated carbocycles. The van der Waals surface area contributed by atoms with Crippen molar-refractivity contribution in [3.05, 3.63) is 81.8 Å². The Morgan fingerprint density at radius 3 is 2.39 bits per heavy atom. The molecule has 4 aromatic rings. The van der Waals surface area contributed by atoms with Gasteiger partial charge in [0.05, 0.1) is 15.6 Å². The van der Waals surface area contributed by atoms with Gasteiger partial charge >= 0.3 is 6.36 Å². The highest BCUT2D eigenvalue weighted by Crippen LogP contribution is 2.28. The number of hydrogen-bond acceptors (Lipinski definition) is 4. The first-order valence-corrected chi connectivity index (χ1v) is 10.2. The zero-order valence-electron chi connectivity index (χ0n) is 16.5. The maximum Gasteiger partial charge on any atom is 0.573 e. The number of H-pyrrole nitrogens is 1. The highest BCUT2D eigenvalue weighted by Gasteiger charge is 2.31. The average Bonchev–Trinajstić information content (AvgIpc) is 3.16. The van der Waals surface area contributed by atoms with Crippen molar-refractivity contribution < 1.29 is 27.4 Å². The Labute approximate surface area is 195 Å². The maximum atomic E-state index is 12.5. The predicted octanol–water partition coefficient (Wildman–Crippen LogP) is 6.60. The summed E-state index contributed by atoms with van der Waals surface area (Å²) in [7, 11) is 0. The second-order valence-corrected chi connectivity index (χ2v) is 7.66. The third-order valence-electron chi connectivity index (χ3n) is 4.51. The van der Waals surface area contributed by atoms with E-state index in [2.05, 4.69) is 20.3 Å². The molecular weight excluding hydrogens is 482 g/mol. The molecule has 170 valence electrons. The van der Waals surface area contributed by atoms with Crippen molar-refractivity contribution in [3.8, 4) is 11.5 Å². The SMILES string of the molecule is O=C(Nc1n[nH]c2ccc(OCc3ccc(Cl)c(Cl)c3)cc12)c1ccc(OC(F)(F)F)cc1. The Balaban J connectivity index is 1.46. The lowest BCUT2D eigenvalue weighted by Gasteiger charge is -2.09. The Morgan fingerprint density at radius 1 is 0.970 bits per heavy atom.